The van der Waals surface area contributed by atoms with Crippen molar-refractivity contribution in [2.24, 2.45) is 4.99 Å². The molecule has 1 N–H and O–H groups in total. The lowest BCUT2D eigenvalue weighted by molar-refractivity contribution is 0.171. The monoisotopic (exact) mass is 447 g/mol. The van der Waals surface area contributed by atoms with Gasteiger partial charge in [-0.05, 0) is 43.6 Å². The fraction of sp³-hybridized carbons (Fsp3) is 0.708. The van der Waals surface area contributed by atoms with Gasteiger partial charge in [-0.2, -0.15) is 0 Å². The third-order valence-corrected chi connectivity index (χ3v) is 6.42. The van der Waals surface area contributed by atoms with Crippen LogP contribution in [0.2, 0.25) is 0 Å². The minimum absolute atomic E-state index is 0.638. The number of likely N-dealkylation sites (tertiary alicyclic amines) is 1. The van der Waals surface area contributed by atoms with E-state index in [0.717, 1.165) is 57.3 Å². The molecule has 0 atom stereocenters. The Kier molecular flexibility index (Phi) is 9.74. The van der Waals surface area contributed by atoms with Crippen LogP contribution >= 0.6 is 0 Å². The van der Waals surface area contributed by atoms with Crippen LogP contribution in [0.1, 0.15) is 31.2 Å². The lowest BCUT2D eigenvalue weighted by Crippen LogP contribution is -2.53. The molecule has 2 fully saturated rings. The first-order valence-corrected chi connectivity index (χ1v) is 11.9. The number of piperazine rings is 1. The third kappa shape index (κ3) is 6.65. The highest BCUT2D eigenvalue weighted by molar-refractivity contribution is 5.80. The molecule has 2 saturated heterocycles. The highest BCUT2D eigenvalue weighted by Crippen LogP contribution is 2.38. The topological polar surface area (TPSA) is 61.8 Å². The van der Waals surface area contributed by atoms with Crippen LogP contribution in [0.4, 0.5) is 0 Å². The molecule has 180 valence electrons. The van der Waals surface area contributed by atoms with Gasteiger partial charge in [0.15, 0.2) is 17.5 Å². The van der Waals surface area contributed by atoms with Crippen molar-refractivity contribution in [3.8, 4) is 17.2 Å². The summed E-state index contributed by atoms with van der Waals surface area (Å²) in [6.45, 7) is 9.29. The second-order valence-corrected chi connectivity index (χ2v) is 8.53. The van der Waals surface area contributed by atoms with Gasteiger partial charge < -0.3 is 29.3 Å². The number of rotatable bonds is 8. The zero-order chi connectivity index (χ0) is 22.8. The number of hydrogen-bond donors (Lipinski definition) is 1. The van der Waals surface area contributed by atoms with Gasteiger partial charge in [0.05, 0.1) is 21.3 Å². The van der Waals surface area contributed by atoms with E-state index in [2.05, 4.69) is 25.0 Å². The molecule has 0 bridgehead atoms. The second kappa shape index (κ2) is 12.7. The number of hydrogen-bond acceptors (Lipinski definition) is 6. The van der Waals surface area contributed by atoms with Crippen molar-refractivity contribution in [1.82, 2.24) is 20.0 Å². The number of methoxy groups -OCH3 is 3. The molecule has 0 radical (unpaired) electrons. The van der Waals surface area contributed by atoms with Crippen molar-refractivity contribution in [2.75, 3.05) is 80.7 Å². The SMILES string of the molecule is CN=C(NCCN1CCCCCC1)N1CCN(Cc2cc(OC)c(OC)c(OC)c2)CC1. The van der Waals surface area contributed by atoms with Crippen LogP contribution in [0.3, 0.4) is 0 Å². The van der Waals surface area contributed by atoms with Gasteiger partial charge in [-0.25, -0.2) is 0 Å². The largest absolute Gasteiger partial charge is 0.493 e. The van der Waals surface area contributed by atoms with E-state index in [1.54, 1.807) is 21.3 Å². The zero-order valence-corrected chi connectivity index (χ0v) is 20.4. The Hall–Kier alpha value is -2.19. The van der Waals surface area contributed by atoms with E-state index in [9.17, 15) is 0 Å². The number of benzene rings is 1. The Balaban J connectivity index is 1.47. The van der Waals surface area contributed by atoms with Crippen molar-refractivity contribution in [1.29, 1.82) is 0 Å². The number of guanidine groups is 1. The zero-order valence-electron chi connectivity index (χ0n) is 20.4. The van der Waals surface area contributed by atoms with Gasteiger partial charge >= 0.3 is 0 Å². The molecule has 0 amide bonds. The average molecular weight is 448 g/mol. The van der Waals surface area contributed by atoms with E-state index in [-0.39, 0.29) is 0 Å². The fourth-order valence-electron chi connectivity index (χ4n) is 4.62. The summed E-state index contributed by atoms with van der Waals surface area (Å²) in [7, 11) is 6.83. The van der Waals surface area contributed by atoms with Crippen LogP contribution < -0.4 is 19.5 Å². The molecule has 0 unspecified atom stereocenters. The highest BCUT2D eigenvalue weighted by Gasteiger charge is 2.21. The molecule has 0 saturated carbocycles. The van der Waals surface area contributed by atoms with Crippen molar-refractivity contribution in [2.45, 2.75) is 32.2 Å². The number of nitrogens with zero attached hydrogens (tertiary/aromatic N) is 4. The number of aliphatic imine (C=N–C) groups is 1. The smallest absolute Gasteiger partial charge is 0.203 e. The highest BCUT2D eigenvalue weighted by atomic mass is 16.5. The molecule has 8 heteroatoms. The maximum Gasteiger partial charge on any atom is 0.203 e. The maximum absolute atomic E-state index is 5.50. The van der Waals surface area contributed by atoms with Gasteiger partial charge in [-0.15, -0.1) is 0 Å². The van der Waals surface area contributed by atoms with Gasteiger partial charge in [0, 0.05) is 52.9 Å². The summed E-state index contributed by atoms with van der Waals surface area (Å²) in [5, 5.41) is 3.58. The van der Waals surface area contributed by atoms with E-state index < -0.39 is 0 Å². The summed E-state index contributed by atoms with van der Waals surface area (Å²) in [4.78, 5) is 11.9. The van der Waals surface area contributed by atoms with Crippen molar-refractivity contribution in [3.05, 3.63) is 17.7 Å². The first-order valence-electron chi connectivity index (χ1n) is 11.9. The molecular formula is C24H41N5O3. The van der Waals surface area contributed by atoms with Crippen LogP contribution in [-0.4, -0.2) is 101 Å². The van der Waals surface area contributed by atoms with E-state index in [1.807, 2.05) is 19.2 Å². The molecule has 1 aromatic rings. The minimum atomic E-state index is 0.638. The molecule has 8 nitrogen and oxygen atoms in total. The molecule has 0 aromatic heterocycles. The Morgan fingerprint density at radius 1 is 0.844 bits per heavy atom. The summed E-state index contributed by atoms with van der Waals surface area (Å²) >= 11 is 0. The Morgan fingerprint density at radius 2 is 1.47 bits per heavy atom. The third-order valence-electron chi connectivity index (χ3n) is 6.42. The fourth-order valence-corrected chi connectivity index (χ4v) is 4.62. The van der Waals surface area contributed by atoms with Gasteiger partial charge in [-0.1, -0.05) is 12.8 Å². The van der Waals surface area contributed by atoms with Crippen molar-refractivity contribution < 1.29 is 14.2 Å². The van der Waals surface area contributed by atoms with Crippen LogP contribution in [0.15, 0.2) is 17.1 Å². The van der Waals surface area contributed by atoms with Crippen LogP contribution in [0.25, 0.3) is 0 Å². The first kappa shape index (κ1) is 24.5. The van der Waals surface area contributed by atoms with E-state index in [0.29, 0.717) is 17.2 Å². The van der Waals surface area contributed by atoms with Crippen LogP contribution in [0, 0.1) is 0 Å². The molecule has 2 aliphatic heterocycles. The van der Waals surface area contributed by atoms with Gasteiger partial charge in [-0.3, -0.25) is 9.89 Å². The minimum Gasteiger partial charge on any atom is -0.493 e. The summed E-state index contributed by atoms with van der Waals surface area (Å²) in [6.07, 6.45) is 5.43. The molecule has 1 aromatic carbocycles. The summed E-state index contributed by atoms with van der Waals surface area (Å²) in [6, 6.07) is 4.08. The van der Waals surface area contributed by atoms with Crippen molar-refractivity contribution >= 4 is 5.96 Å². The predicted octanol–water partition coefficient (Wildman–Crippen LogP) is 2.28. The van der Waals surface area contributed by atoms with Gasteiger partial charge in [0.2, 0.25) is 5.75 Å². The molecule has 2 heterocycles. The van der Waals surface area contributed by atoms with Crippen LogP contribution in [-0.2, 0) is 6.54 Å². The van der Waals surface area contributed by atoms with Crippen LogP contribution in [0.5, 0.6) is 17.2 Å². The maximum atomic E-state index is 5.50. The number of ether oxygens (including phenoxy) is 3. The summed E-state index contributed by atoms with van der Waals surface area (Å²) in [5.41, 5.74) is 1.16. The predicted molar refractivity (Wildman–Crippen MR) is 129 cm³/mol. The molecule has 0 aliphatic carbocycles. The standard InChI is InChI=1S/C24H41N5O3/c1-25-24(26-9-12-27-10-7-5-6-8-11-27)29-15-13-28(14-16-29)19-20-17-21(30-2)23(32-4)22(18-20)31-3/h17-18H,5-16,19H2,1-4H3,(H,25,26). The Labute approximate surface area is 193 Å². The first-order chi connectivity index (χ1) is 15.7. The summed E-state index contributed by atoms with van der Waals surface area (Å²) < 4.78 is 16.4. The quantitative estimate of drug-likeness (QED) is 0.485. The molecule has 3 rings (SSSR count). The Morgan fingerprint density at radius 3 is 2.00 bits per heavy atom. The molecule has 0 spiro atoms. The lowest BCUT2D eigenvalue weighted by atomic mass is 10.1. The molecule has 32 heavy (non-hydrogen) atoms. The number of nitrogens with one attached hydrogen (secondary N) is 1. The average Bonchev–Trinajstić information content (AvgIpc) is 3.10. The van der Waals surface area contributed by atoms with E-state index in [1.165, 1.54) is 38.8 Å². The molecular weight excluding hydrogens is 406 g/mol. The van der Waals surface area contributed by atoms with Gasteiger partial charge in [0.1, 0.15) is 0 Å². The van der Waals surface area contributed by atoms with E-state index in [4.69, 9.17) is 14.2 Å². The second-order valence-electron chi connectivity index (χ2n) is 8.53. The van der Waals surface area contributed by atoms with Gasteiger partial charge in [0.25, 0.3) is 0 Å². The van der Waals surface area contributed by atoms with Crippen molar-refractivity contribution in [3.63, 3.8) is 0 Å². The summed E-state index contributed by atoms with van der Waals surface area (Å²) in [5.74, 6) is 3.06. The lowest BCUT2D eigenvalue weighted by Gasteiger charge is -2.36. The normalized spacial score (nSPS) is 18.9. The van der Waals surface area contributed by atoms with E-state index >= 15 is 0 Å². The Bertz CT molecular complexity index is 701. The molecule has 2 aliphatic rings.